The van der Waals surface area contributed by atoms with Crippen molar-refractivity contribution in [1.82, 2.24) is 15.0 Å². The molecule has 25 heavy (non-hydrogen) atoms. The molecule has 2 aromatic heterocycles. The number of carbonyl (C=O) groups is 2. The van der Waals surface area contributed by atoms with E-state index in [2.05, 4.69) is 20.3 Å². The van der Waals surface area contributed by atoms with Crippen LogP contribution in [0.25, 0.3) is 11.0 Å². The molecule has 7 nitrogen and oxygen atoms in total. The average Bonchev–Trinajstić information content (AvgIpc) is 2.63. The summed E-state index contributed by atoms with van der Waals surface area (Å²) >= 11 is 5.74. The van der Waals surface area contributed by atoms with Crippen molar-refractivity contribution < 1.29 is 14.3 Å². The van der Waals surface area contributed by atoms with Crippen LogP contribution in [0.1, 0.15) is 17.3 Å². The summed E-state index contributed by atoms with van der Waals surface area (Å²) in [5.41, 5.74) is 1.23. The minimum atomic E-state index is -1.02. The fraction of sp³-hybridized carbons (Fsp3) is 0.118. The molecular weight excluding hydrogens is 344 g/mol. The highest BCUT2D eigenvalue weighted by molar-refractivity contribution is 6.30. The number of esters is 1. The molecule has 0 radical (unpaired) electrons. The Kier molecular flexibility index (Phi) is 4.85. The van der Waals surface area contributed by atoms with Gasteiger partial charge in [-0.3, -0.25) is 14.8 Å². The number of pyridine rings is 1. The predicted octanol–water partition coefficient (Wildman–Crippen LogP) is 2.86. The van der Waals surface area contributed by atoms with E-state index in [1.807, 2.05) is 0 Å². The molecule has 1 amide bonds. The van der Waals surface area contributed by atoms with E-state index in [4.69, 9.17) is 16.3 Å². The van der Waals surface area contributed by atoms with Crippen molar-refractivity contribution in [3.05, 3.63) is 59.5 Å². The number of carbonyl (C=O) groups excluding carboxylic acids is 2. The fourth-order valence-corrected chi connectivity index (χ4v) is 2.22. The summed E-state index contributed by atoms with van der Waals surface area (Å²) in [4.78, 5) is 36.7. The lowest BCUT2D eigenvalue weighted by atomic mass is 10.2. The number of ether oxygens (including phenoxy) is 1. The number of hydrogen-bond donors (Lipinski definition) is 1. The molecular formula is C17H13ClN4O3. The van der Waals surface area contributed by atoms with Gasteiger partial charge in [0.15, 0.2) is 6.10 Å². The first kappa shape index (κ1) is 16.8. The molecule has 0 aliphatic heterocycles. The maximum absolute atomic E-state index is 12.4. The Morgan fingerprint density at radius 1 is 1.12 bits per heavy atom. The second kappa shape index (κ2) is 7.23. The Labute approximate surface area is 148 Å². The number of benzene rings is 1. The van der Waals surface area contributed by atoms with E-state index in [0.29, 0.717) is 21.9 Å². The summed E-state index contributed by atoms with van der Waals surface area (Å²) in [5.74, 6) is -0.847. The van der Waals surface area contributed by atoms with Gasteiger partial charge >= 0.3 is 5.97 Å². The minimum absolute atomic E-state index is 0.245. The first-order valence-electron chi connectivity index (χ1n) is 7.38. The highest BCUT2D eigenvalue weighted by Gasteiger charge is 2.21. The van der Waals surface area contributed by atoms with Crippen molar-refractivity contribution in [3.8, 4) is 0 Å². The molecule has 8 heteroatoms. The molecule has 1 unspecified atom stereocenters. The molecule has 1 N–H and O–H groups in total. The molecule has 126 valence electrons. The molecule has 0 saturated heterocycles. The smallest absolute Gasteiger partial charge is 0.341 e. The van der Waals surface area contributed by atoms with E-state index in [1.54, 1.807) is 30.3 Å². The second-order valence-corrected chi connectivity index (χ2v) is 5.56. The van der Waals surface area contributed by atoms with E-state index in [1.165, 1.54) is 25.5 Å². The monoisotopic (exact) mass is 356 g/mol. The van der Waals surface area contributed by atoms with Crippen LogP contribution in [0.2, 0.25) is 5.02 Å². The van der Waals surface area contributed by atoms with Crippen LogP contribution in [-0.4, -0.2) is 32.9 Å². The summed E-state index contributed by atoms with van der Waals surface area (Å²) < 4.78 is 5.23. The van der Waals surface area contributed by atoms with Crippen LogP contribution in [0.5, 0.6) is 0 Å². The van der Waals surface area contributed by atoms with Crippen molar-refractivity contribution in [3.63, 3.8) is 0 Å². The van der Waals surface area contributed by atoms with Crippen LogP contribution in [0.15, 0.2) is 48.9 Å². The number of para-hydroxylation sites is 1. The zero-order valence-corrected chi connectivity index (χ0v) is 13.9. The van der Waals surface area contributed by atoms with Gasteiger partial charge in [0.25, 0.3) is 5.91 Å². The van der Waals surface area contributed by atoms with Crippen molar-refractivity contribution >= 4 is 40.3 Å². The van der Waals surface area contributed by atoms with Gasteiger partial charge in [0.1, 0.15) is 11.3 Å². The molecule has 1 atom stereocenters. The number of anilines is 1. The Hall–Kier alpha value is -3.06. The van der Waals surface area contributed by atoms with Gasteiger partial charge in [-0.2, -0.15) is 0 Å². The molecule has 0 aliphatic carbocycles. The molecule has 2 heterocycles. The largest absolute Gasteiger partial charge is 0.449 e. The van der Waals surface area contributed by atoms with Crippen LogP contribution in [-0.2, 0) is 9.53 Å². The quantitative estimate of drug-likeness (QED) is 0.722. The summed E-state index contributed by atoms with van der Waals surface area (Å²) in [5, 5.41) is 3.00. The standard InChI is InChI=1S/C17H13ClN4O3/c1-10(16(23)22-14-6-5-11(18)9-21-14)25-17(24)12-3-2-4-13-15(12)20-8-7-19-13/h2-10H,1H3,(H,21,22,23). The lowest BCUT2D eigenvalue weighted by Crippen LogP contribution is -2.30. The number of halogens is 1. The summed E-state index contributed by atoms with van der Waals surface area (Å²) in [6, 6.07) is 8.13. The van der Waals surface area contributed by atoms with Crippen LogP contribution in [0.3, 0.4) is 0 Å². The van der Waals surface area contributed by atoms with Crippen molar-refractivity contribution in [2.45, 2.75) is 13.0 Å². The molecule has 0 fully saturated rings. The SMILES string of the molecule is CC(OC(=O)c1cccc2nccnc12)C(=O)Nc1ccc(Cl)cn1. The van der Waals surface area contributed by atoms with Gasteiger partial charge < -0.3 is 10.1 Å². The molecule has 3 rings (SSSR count). The van der Waals surface area contributed by atoms with E-state index >= 15 is 0 Å². The van der Waals surface area contributed by atoms with E-state index in [-0.39, 0.29) is 5.56 Å². The van der Waals surface area contributed by atoms with E-state index in [9.17, 15) is 9.59 Å². The van der Waals surface area contributed by atoms with Crippen molar-refractivity contribution in [1.29, 1.82) is 0 Å². The van der Waals surface area contributed by atoms with Gasteiger partial charge in [-0.05, 0) is 31.2 Å². The third kappa shape index (κ3) is 3.89. The molecule has 3 aromatic rings. The fourth-order valence-electron chi connectivity index (χ4n) is 2.11. The van der Waals surface area contributed by atoms with Crippen LogP contribution in [0, 0.1) is 0 Å². The minimum Gasteiger partial charge on any atom is -0.449 e. The lowest BCUT2D eigenvalue weighted by Gasteiger charge is -2.13. The van der Waals surface area contributed by atoms with E-state index < -0.39 is 18.0 Å². The molecule has 0 saturated carbocycles. The first-order valence-corrected chi connectivity index (χ1v) is 7.75. The van der Waals surface area contributed by atoms with Gasteiger partial charge in [0.05, 0.1) is 16.1 Å². The Bertz CT molecular complexity index is 925. The second-order valence-electron chi connectivity index (χ2n) is 5.13. The van der Waals surface area contributed by atoms with Crippen LogP contribution in [0.4, 0.5) is 5.82 Å². The first-order chi connectivity index (χ1) is 12.0. The Balaban J connectivity index is 1.71. The summed E-state index contributed by atoms with van der Waals surface area (Å²) in [6.45, 7) is 1.47. The van der Waals surface area contributed by atoms with Gasteiger partial charge in [0, 0.05) is 18.6 Å². The zero-order valence-electron chi connectivity index (χ0n) is 13.1. The number of nitrogens with zero attached hydrogens (tertiary/aromatic N) is 3. The Morgan fingerprint density at radius 3 is 2.68 bits per heavy atom. The Morgan fingerprint density at radius 2 is 1.92 bits per heavy atom. The lowest BCUT2D eigenvalue weighted by molar-refractivity contribution is -0.123. The topological polar surface area (TPSA) is 94.1 Å². The molecule has 0 bridgehead atoms. The van der Waals surface area contributed by atoms with Gasteiger partial charge in [-0.15, -0.1) is 0 Å². The third-order valence-electron chi connectivity index (χ3n) is 3.35. The summed E-state index contributed by atoms with van der Waals surface area (Å²) in [6.07, 6.45) is 3.41. The van der Waals surface area contributed by atoms with Crippen molar-refractivity contribution in [2.24, 2.45) is 0 Å². The van der Waals surface area contributed by atoms with E-state index in [0.717, 1.165) is 0 Å². The number of rotatable bonds is 4. The normalized spacial score (nSPS) is 11.8. The number of nitrogens with one attached hydrogen (secondary N) is 1. The molecule has 0 aliphatic rings. The molecule has 0 spiro atoms. The average molecular weight is 357 g/mol. The number of fused-ring (bicyclic) bond motifs is 1. The maximum Gasteiger partial charge on any atom is 0.341 e. The zero-order chi connectivity index (χ0) is 17.8. The van der Waals surface area contributed by atoms with Crippen molar-refractivity contribution in [2.75, 3.05) is 5.32 Å². The number of amides is 1. The predicted molar refractivity (Wildman–Crippen MR) is 92.3 cm³/mol. The van der Waals surface area contributed by atoms with Gasteiger partial charge in [-0.1, -0.05) is 17.7 Å². The highest BCUT2D eigenvalue weighted by Crippen LogP contribution is 2.16. The van der Waals surface area contributed by atoms with Gasteiger partial charge in [-0.25, -0.2) is 9.78 Å². The summed E-state index contributed by atoms with van der Waals surface area (Å²) in [7, 11) is 0. The van der Waals surface area contributed by atoms with Gasteiger partial charge in [0.2, 0.25) is 0 Å². The van der Waals surface area contributed by atoms with Crippen LogP contribution >= 0.6 is 11.6 Å². The number of aromatic nitrogens is 3. The number of hydrogen-bond acceptors (Lipinski definition) is 6. The molecule has 1 aromatic carbocycles. The maximum atomic E-state index is 12.4. The highest BCUT2D eigenvalue weighted by atomic mass is 35.5. The third-order valence-corrected chi connectivity index (χ3v) is 3.57. The van der Waals surface area contributed by atoms with Crippen LogP contribution < -0.4 is 5.32 Å².